The quantitative estimate of drug-likeness (QED) is 0.691. The molecular weight excluding hydrogens is 168 g/mol. The molecule has 13 heavy (non-hydrogen) atoms. The van der Waals surface area contributed by atoms with Gasteiger partial charge in [0.15, 0.2) is 0 Å². The SMILES string of the molecule is CNC(=O)CN(C)c1ncccn1. The highest BCUT2D eigenvalue weighted by Gasteiger charge is 2.06. The monoisotopic (exact) mass is 180 g/mol. The van der Waals surface area contributed by atoms with Crippen LogP contribution >= 0.6 is 0 Å². The van der Waals surface area contributed by atoms with E-state index in [9.17, 15) is 4.79 Å². The van der Waals surface area contributed by atoms with Crippen LogP contribution in [0.2, 0.25) is 0 Å². The molecule has 1 N–H and O–H groups in total. The highest BCUT2D eigenvalue weighted by Crippen LogP contribution is 2.00. The van der Waals surface area contributed by atoms with Gasteiger partial charge in [0.2, 0.25) is 11.9 Å². The fraction of sp³-hybridized carbons (Fsp3) is 0.375. The van der Waals surface area contributed by atoms with Gasteiger partial charge in [-0.15, -0.1) is 0 Å². The first-order valence-corrected chi connectivity index (χ1v) is 3.93. The molecule has 0 atom stereocenters. The molecule has 0 fully saturated rings. The molecule has 1 heterocycles. The van der Waals surface area contributed by atoms with Crippen molar-refractivity contribution in [2.75, 3.05) is 25.5 Å². The van der Waals surface area contributed by atoms with Gasteiger partial charge in [-0.05, 0) is 6.07 Å². The predicted molar refractivity (Wildman–Crippen MR) is 49.4 cm³/mol. The summed E-state index contributed by atoms with van der Waals surface area (Å²) < 4.78 is 0. The van der Waals surface area contributed by atoms with E-state index < -0.39 is 0 Å². The molecule has 5 heteroatoms. The van der Waals surface area contributed by atoms with Gasteiger partial charge in [0.05, 0.1) is 6.54 Å². The fourth-order valence-electron chi connectivity index (χ4n) is 0.854. The fourth-order valence-corrected chi connectivity index (χ4v) is 0.854. The minimum Gasteiger partial charge on any atom is -0.358 e. The van der Waals surface area contributed by atoms with Crippen molar-refractivity contribution in [2.45, 2.75) is 0 Å². The number of carbonyl (C=O) groups excluding carboxylic acids is 1. The molecule has 0 bridgehead atoms. The van der Waals surface area contributed by atoms with Crippen molar-refractivity contribution in [1.29, 1.82) is 0 Å². The van der Waals surface area contributed by atoms with Crippen molar-refractivity contribution in [3.05, 3.63) is 18.5 Å². The third kappa shape index (κ3) is 2.70. The molecule has 1 aromatic heterocycles. The number of nitrogens with one attached hydrogen (secondary N) is 1. The lowest BCUT2D eigenvalue weighted by Gasteiger charge is -2.14. The zero-order valence-electron chi connectivity index (χ0n) is 7.69. The average molecular weight is 180 g/mol. The third-order valence-electron chi connectivity index (χ3n) is 1.55. The summed E-state index contributed by atoms with van der Waals surface area (Å²) in [5, 5.41) is 2.53. The van der Waals surface area contributed by atoms with Crippen LogP contribution in [0.5, 0.6) is 0 Å². The Morgan fingerprint density at radius 2 is 2.15 bits per heavy atom. The van der Waals surface area contributed by atoms with E-state index in [1.165, 1.54) is 0 Å². The number of hydrogen-bond acceptors (Lipinski definition) is 4. The maximum atomic E-state index is 11.0. The summed E-state index contributed by atoms with van der Waals surface area (Å²) in [4.78, 5) is 20.7. The summed E-state index contributed by atoms with van der Waals surface area (Å²) >= 11 is 0. The molecule has 0 spiro atoms. The van der Waals surface area contributed by atoms with Crippen molar-refractivity contribution < 1.29 is 4.79 Å². The summed E-state index contributed by atoms with van der Waals surface area (Å²) in [7, 11) is 3.37. The molecule has 0 saturated carbocycles. The maximum Gasteiger partial charge on any atom is 0.239 e. The minimum absolute atomic E-state index is 0.0602. The molecule has 0 radical (unpaired) electrons. The van der Waals surface area contributed by atoms with Crippen LogP contribution in [-0.4, -0.2) is 36.5 Å². The summed E-state index contributed by atoms with van der Waals surface area (Å²) in [6.07, 6.45) is 3.28. The van der Waals surface area contributed by atoms with E-state index in [-0.39, 0.29) is 12.5 Å². The summed E-state index contributed by atoms with van der Waals surface area (Å²) in [5.41, 5.74) is 0. The van der Waals surface area contributed by atoms with Crippen LogP contribution in [0.1, 0.15) is 0 Å². The number of rotatable bonds is 3. The Morgan fingerprint density at radius 3 is 2.69 bits per heavy atom. The van der Waals surface area contributed by atoms with Crippen LogP contribution < -0.4 is 10.2 Å². The number of carbonyl (C=O) groups is 1. The number of anilines is 1. The first-order valence-electron chi connectivity index (χ1n) is 3.93. The Morgan fingerprint density at radius 1 is 1.54 bits per heavy atom. The molecule has 1 amide bonds. The second kappa shape index (κ2) is 4.39. The van der Waals surface area contributed by atoms with Crippen LogP contribution in [0, 0.1) is 0 Å². The highest BCUT2D eigenvalue weighted by atomic mass is 16.1. The minimum atomic E-state index is -0.0602. The number of likely N-dealkylation sites (N-methyl/N-ethyl adjacent to an activating group) is 2. The predicted octanol–water partition coefficient (Wildman–Crippen LogP) is -0.341. The van der Waals surface area contributed by atoms with E-state index in [1.54, 1.807) is 37.5 Å². The van der Waals surface area contributed by atoms with Gasteiger partial charge in [0.1, 0.15) is 0 Å². The molecule has 5 nitrogen and oxygen atoms in total. The van der Waals surface area contributed by atoms with E-state index in [2.05, 4.69) is 15.3 Å². The topological polar surface area (TPSA) is 58.1 Å². The normalized spacial score (nSPS) is 9.38. The van der Waals surface area contributed by atoms with Crippen LogP contribution in [0.4, 0.5) is 5.95 Å². The average Bonchev–Trinajstić information content (AvgIpc) is 2.19. The van der Waals surface area contributed by atoms with Gasteiger partial charge < -0.3 is 10.2 Å². The lowest BCUT2D eigenvalue weighted by Crippen LogP contribution is -2.33. The first-order chi connectivity index (χ1) is 6.24. The molecule has 0 saturated heterocycles. The van der Waals surface area contributed by atoms with Crippen LogP contribution in [0.25, 0.3) is 0 Å². The van der Waals surface area contributed by atoms with E-state index in [0.29, 0.717) is 5.95 Å². The molecule has 0 aliphatic carbocycles. The van der Waals surface area contributed by atoms with E-state index in [1.807, 2.05) is 0 Å². The second-order valence-electron chi connectivity index (χ2n) is 2.58. The molecule has 0 aliphatic heterocycles. The largest absolute Gasteiger partial charge is 0.358 e. The lowest BCUT2D eigenvalue weighted by atomic mass is 10.5. The number of nitrogens with zero attached hydrogens (tertiary/aromatic N) is 3. The molecule has 0 aromatic carbocycles. The zero-order chi connectivity index (χ0) is 9.68. The number of amides is 1. The Hall–Kier alpha value is -1.65. The zero-order valence-corrected chi connectivity index (χ0v) is 7.69. The summed E-state index contributed by atoms with van der Waals surface area (Å²) in [6, 6.07) is 1.73. The van der Waals surface area contributed by atoms with Gasteiger partial charge in [-0.25, -0.2) is 9.97 Å². The van der Waals surface area contributed by atoms with Gasteiger partial charge in [0.25, 0.3) is 0 Å². The Bertz CT molecular complexity index is 275. The van der Waals surface area contributed by atoms with Gasteiger partial charge in [-0.1, -0.05) is 0 Å². The van der Waals surface area contributed by atoms with Gasteiger partial charge >= 0.3 is 0 Å². The highest BCUT2D eigenvalue weighted by molar-refractivity contribution is 5.80. The summed E-state index contributed by atoms with van der Waals surface area (Å²) in [6.45, 7) is 0.264. The second-order valence-corrected chi connectivity index (χ2v) is 2.58. The third-order valence-corrected chi connectivity index (χ3v) is 1.55. The first kappa shape index (κ1) is 9.44. The number of aromatic nitrogens is 2. The van der Waals surface area contributed by atoms with Crippen LogP contribution in [0.15, 0.2) is 18.5 Å². The smallest absolute Gasteiger partial charge is 0.239 e. The molecule has 0 unspecified atom stereocenters. The molecule has 70 valence electrons. The van der Waals surface area contributed by atoms with Crippen molar-refractivity contribution in [3.63, 3.8) is 0 Å². The van der Waals surface area contributed by atoms with Gasteiger partial charge in [-0.2, -0.15) is 0 Å². The van der Waals surface area contributed by atoms with Gasteiger partial charge in [-0.3, -0.25) is 4.79 Å². The Balaban J connectivity index is 2.59. The maximum absolute atomic E-state index is 11.0. The Kier molecular flexibility index (Phi) is 3.19. The summed E-state index contributed by atoms with van der Waals surface area (Å²) in [5.74, 6) is 0.487. The van der Waals surface area contributed by atoms with Crippen molar-refractivity contribution in [1.82, 2.24) is 15.3 Å². The van der Waals surface area contributed by atoms with E-state index >= 15 is 0 Å². The van der Waals surface area contributed by atoms with Crippen LogP contribution in [-0.2, 0) is 4.79 Å². The van der Waals surface area contributed by atoms with E-state index in [0.717, 1.165) is 0 Å². The van der Waals surface area contributed by atoms with Crippen LogP contribution in [0.3, 0.4) is 0 Å². The molecule has 1 rings (SSSR count). The molecule has 0 aliphatic rings. The van der Waals surface area contributed by atoms with Gasteiger partial charge in [0, 0.05) is 26.5 Å². The van der Waals surface area contributed by atoms with E-state index in [4.69, 9.17) is 0 Å². The molecular formula is C8H12N4O. The lowest BCUT2D eigenvalue weighted by molar-refractivity contribution is -0.119. The van der Waals surface area contributed by atoms with Crippen molar-refractivity contribution in [2.24, 2.45) is 0 Å². The van der Waals surface area contributed by atoms with Crippen molar-refractivity contribution >= 4 is 11.9 Å². The molecule has 1 aromatic rings. The number of hydrogen-bond donors (Lipinski definition) is 1. The standard InChI is InChI=1S/C8H12N4O/c1-9-7(13)6-12(2)8-10-4-3-5-11-8/h3-5H,6H2,1-2H3,(H,9,13). The van der Waals surface area contributed by atoms with Crippen molar-refractivity contribution in [3.8, 4) is 0 Å². The Labute approximate surface area is 76.8 Å².